The van der Waals surface area contributed by atoms with Crippen LogP contribution in [0.15, 0.2) is 47.4 Å². The standard InChI is InChI=1S/C24H27ClN2O2S2/c1-16(2)20-6-3-7-21-23(20)26-24(31-21)27(15-18-5-4-13-29-18)22(28)12-14-30-19-10-8-17(25)9-11-19/h3,6-11,16,18H,4-5,12-15H2,1-2H3. The van der Waals surface area contributed by atoms with E-state index in [2.05, 4.69) is 32.0 Å². The van der Waals surface area contributed by atoms with E-state index >= 15 is 0 Å². The van der Waals surface area contributed by atoms with Crippen LogP contribution in [0.4, 0.5) is 5.13 Å². The highest BCUT2D eigenvalue weighted by molar-refractivity contribution is 7.99. The SMILES string of the molecule is CC(C)c1cccc2sc(N(CC3CCCO3)C(=O)CCSc3ccc(Cl)cc3)nc12. The normalized spacial score (nSPS) is 16.3. The van der Waals surface area contributed by atoms with Gasteiger partial charge in [-0.15, -0.1) is 11.8 Å². The van der Waals surface area contributed by atoms with Gasteiger partial charge in [-0.2, -0.15) is 0 Å². The number of para-hydroxylation sites is 1. The number of thiazole rings is 1. The quantitative estimate of drug-likeness (QED) is 0.338. The minimum atomic E-state index is 0.0875. The van der Waals surface area contributed by atoms with E-state index in [4.69, 9.17) is 21.3 Å². The van der Waals surface area contributed by atoms with E-state index in [-0.39, 0.29) is 12.0 Å². The van der Waals surface area contributed by atoms with Crippen molar-refractivity contribution >= 4 is 56.0 Å². The number of carbonyl (C=O) groups is 1. The fourth-order valence-electron chi connectivity index (χ4n) is 3.74. The molecule has 1 amide bonds. The highest BCUT2D eigenvalue weighted by Gasteiger charge is 2.26. The Balaban J connectivity index is 1.52. The third-order valence-electron chi connectivity index (χ3n) is 5.40. The van der Waals surface area contributed by atoms with Crippen LogP contribution in [0.2, 0.25) is 5.02 Å². The zero-order chi connectivity index (χ0) is 21.8. The summed E-state index contributed by atoms with van der Waals surface area (Å²) < 4.78 is 6.97. The van der Waals surface area contributed by atoms with E-state index in [9.17, 15) is 4.79 Å². The van der Waals surface area contributed by atoms with Crippen molar-refractivity contribution in [3.63, 3.8) is 0 Å². The molecule has 2 aromatic carbocycles. The molecule has 4 rings (SSSR count). The monoisotopic (exact) mass is 474 g/mol. The molecular weight excluding hydrogens is 448 g/mol. The molecular formula is C24H27ClN2O2S2. The lowest BCUT2D eigenvalue weighted by molar-refractivity contribution is -0.118. The topological polar surface area (TPSA) is 42.4 Å². The van der Waals surface area contributed by atoms with E-state index < -0.39 is 0 Å². The molecule has 1 aliphatic rings. The Morgan fingerprint density at radius 2 is 2.10 bits per heavy atom. The molecule has 7 heteroatoms. The number of anilines is 1. The van der Waals surface area contributed by atoms with E-state index in [1.54, 1.807) is 23.1 Å². The van der Waals surface area contributed by atoms with Crippen molar-refractivity contribution in [1.29, 1.82) is 0 Å². The van der Waals surface area contributed by atoms with Crippen molar-refractivity contribution in [3.05, 3.63) is 53.1 Å². The van der Waals surface area contributed by atoms with Gasteiger partial charge in [-0.05, 0) is 54.7 Å². The summed E-state index contributed by atoms with van der Waals surface area (Å²) in [4.78, 5) is 21.2. The maximum atomic E-state index is 13.3. The van der Waals surface area contributed by atoms with Gasteiger partial charge < -0.3 is 4.74 Å². The molecule has 1 fully saturated rings. The Morgan fingerprint density at radius 1 is 1.29 bits per heavy atom. The number of benzene rings is 2. The average molecular weight is 475 g/mol. The summed E-state index contributed by atoms with van der Waals surface area (Å²) in [6, 6.07) is 14.0. The van der Waals surface area contributed by atoms with Crippen LogP contribution in [0.5, 0.6) is 0 Å². The maximum absolute atomic E-state index is 13.3. The molecule has 3 aromatic rings. The number of thioether (sulfide) groups is 1. The summed E-state index contributed by atoms with van der Waals surface area (Å²) in [7, 11) is 0. The zero-order valence-electron chi connectivity index (χ0n) is 17.8. The largest absolute Gasteiger partial charge is 0.376 e. The van der Waals surface area contributed by atoms with Crippen molar-refractivity contribution in [2.24, 2.45) is 0 Å². The number of ether oxygens (including phenoxy) is 1. The number of fused-ring (bicyclic) bond motifs is 1. The molecule has 0 N–H and O–H groups in total. The van der Waals surface area contributed by atoms with Gasteiger partial charge in [0.25, 0.3) is 0 Å². The Hall–Kier alpha value is -1.60. The molecule has 4 nitrogen and oxygen atoms in total. The van der Waals surface area contributed by atoms with Crippen molar-refractivity contribution < 1.29 is 9.53 Å². The van der Waals surface area contributed by atoms with E-state index in [1.165, 1.54) is 5.56 Å². The lowest BCUT2D eigenvalue weighted by Crippen LogP contribution is -2.37. The molecule has 1 saturated heterocycles. The van der Waals surface area contributed by atoms with Gasteiger partial charge in [-0.25, -0.2) is 4.98 Å². The first-order chi connectivity index (χ1) is 15.0. The smallest absolute Gasteiger partial charge is 0.229 e. The van der Waals surface area contributed by atoms with E-state index in [1.807, 2.05) is 29.2 Å². The third kappa shape index (κ3) is 5.61. The molecule has 0 saturated carbocycles. The van der Waals surface area contributed by atoms with Crippen molar-refractivity contribution in [2.75, 3.05) is 23.8 Å². The number of aromatic nitrogens is 1. The van der Waals surface area contributed by atoms with Crippen LogP contribution >= 0.6 is 34.7 Å². The van der Waals surface area contributed by atoms with Crippen LogP contribution in [-0.4, -0.2) is 35.9 Å². The molecule has 1 unspecified atom stereocenters. The summed E-state index contributed by atoms with van der Waals surface area (Å²) in [5.41, 5.74) is 2.24. The lowest BCUT2D eigenvalue weighted by atomic mass is 10.0. The van der Waals surface area contributed by atoms with Crippen molar-refractivity contribution in [2.45, 2.75) is 50.0 Å². The van der Waals surface area contributed by atoms with Crippen LogP contribution in [0, 0.1) is 0 Å². The third-order valence-corrected chi connectivity index (χ3v) is 7.71. The van der Waals surface area contributed by atoms with Gasteiger partial charge in [0, 0.05) is 28.7 Å². The second-order valence-corrected chi connectivity index (χ2v) is 10.7. The van der Waals surface area contributed by atoms with Crippen molar-refractivity contribution in [1.82, 2.24) is 4.98 Å². The highest BCUT2D eigenvalue weighted by atomic mass is 35.5. The van der Waals surface area contributed by atoms with Gasteiger partial charge in [0.15, 0.2) is 5.13 Å². The van der Waals surface area contributed by atoms with Crippen LogP contribution in [0.1, 0.15) is 44.6 Å². The molecule has 0 aliphatic carbocycles. The number of rotatable bonds is 8. The van der Waals surface area contributed by atoms with Crippen LogP contribution in [0.3, 0.4) is 0 Å². The number of nitrogens with zero attached hydrogens (tertiary/aromatic N) is 2. The molecule has 164 valence electrons. The number of carbonyl (C=O) groups excluding carboxylic acids is 1. The average Bonchev–Trinajstić information content (AvgIpc) is 3.42. The maximum Gasteiger partial charge on any atom is 0.229 e. The van der Waals surface area contributed by atoms with Crippen LogP contribution in [-0.2, 0) is 9.53 Å². The van der Waals surface area contributed by atoms with Gasteiger partial charge in [-0.1, -0.05) is 48.9 Å². The molecule has 0 radical (unpaired) electrons. The number of hydrogen-bond acceptors (Lipinski definition) is 5. The molecule has 2 heterocycles. The van der Waals surface area contributed by atoms with Gasteiger partial charge in [0.2, 0.25) is 5.91 Å². The van der Waals surface area contributed by atoms with Crippen molar-refractivity contribution in [3.8, 4) is 0 Å². The summed E-state index contributed by atoms with van der Waals surface area (Å²) in [5, 5.41) is 1.50. The minimum Gasteiger partial charge on any atom is -0.376 e. The Morgan fingerprint density at radius 3 is 2.81 bits per heavy atom. The Bertz CT molecular complexity index is 1030. The first kappa shape index (κ1) is 22.6. The van der Waals surface area contributed by atoms with Crippen LogP contribution < -0.4 is 4.90 Å². The van der Waals surface area contributed by atoms with E-state index in [0.29, 0.717) is 24.6 Å². The summed E-state index contributed by atoms with van der Waals surface area (Å²) in [6.45, 7) is 5.70. The van der Waals surface area contributed by atoms with E-state index in [0.717, 1.165) is 44.7 Å². The predicted octanol–water partition coefficient (Wildman–Crippen LogP) is 6.77. The van der Waals surface area contributed by atoms with Gasteiger partial charge in [-0.3, -0.25) is 9.69 Å². The lowest BCUT2D eigenvalue weighted by Gasteiger charge is -2.23. The molecule has 0 spiro atoms. The zero-order valence-corrected chi connectivity index (χ0v) is 20.2. The first-order valence-electron chi connectivity index (χ1n) is 10.7. The second kappa shape index (κ2) is 10.3. The van der Waals surface area contributed by atoms with Gasteiger partial charge in [0.05, 0.1) is 22.9 Å². The molecule has 1 aliphatic heterocycles. The van der Waals surface area contributed by atoms with Gasteiger partial charge >= 0.3 is 0 Å². The fourth-order valence-corrected chi connectivity index (χ4v) is 5.73. The Labute approximate surface area is 196 Å². The summed E-state index contributed by atoms with van der Waals surface area (Å²) in [5.74, 6) is 1.20. The highest BCUT2D eigenvalue weighted by Crippen LogP contribution is 2.34. The van der Waals surface area contributed by atoms with Gasteiger partial charge in [0.1, 0.15) is 0 Å². The predicted molar refractivity (Wildman–Crippen MR) is 132 cm³/mol. The number of amides is 1. The molecule has 1 aromatic heterocycles. The summed E-state index contributed by atoms with van der Waals surface area (Å²) in [6.07, 6.45) is 2.58. The first-order valence-corrected chi connectivity index (χ1v) is 12.9. The van der Waals surface area contributed by atoms with Crippen LogP contribution in [0.25, 0.3) is 10.2 Å². The number of halogens is 1. The number of hydrogen-bond donors (Lipinski definition) is 0. The second-order valence-electron chi connectivity index (χ2n) is 8.04. The summed E-state index contributed by atoms with van der Waals surface area (Å²) >= 11 is 9.23. The Kier molecular flexibility index (Phi) is 7.54. The molecule has 31 heavy (non-hydrogen) atoms. The molecule has 0 bridgehead atoms. The molecule has 1 atom stereocenters. The minimum absolute atomic E-state index is 0.0875. The fraction of sp³-hybridized carbons (Fsp3) is 0.417.